The molecule has 0 bridgehead atoms. The molecule has 0 radical (unpaired) electrons. The number of anilines is 1. The van der Waals surface area contributed by atoms with Crippen molar-refractivity contribution in [2.75, 3.05) is 30.9 Å². The predicted octanol–water partition coefficient (Wildman–Crippen LogP) is 4.83. The quantitative estimate of drug-likeness (QED) is 0.825. The monoisotopic (exact) mass is 379 g/mol. The molecule has 2 heterocycles. The number of rotatable bonds is 4. The normalized spacial score (nSPS) is 19.9. The van der Waals surface area contributed by atoms with E-state index in [1.807, 2.05) is 0 Å². The number of para-hydroxylation sites is 1. The summed E-state index contributed by atoms with van der Waals surface area (Å²) in [5, 5.41) is 3.72. The van der Waals surface area contributed by atoms with E-state index in [0.717, 1.165) is 19.5 Å². The Balaban J connectivity index is 1.64. The minimum Gasteiger partial charge on any atom is -0.343 e. The molecule has 0 saturated carbocycles. The molecule has 2 aliphatic rings. The van der Waals surface area contributed by atoms with Crippen LogP contribution in [-0.2, 0) is 19.5 Å². The highest BCUT2D eigenvalue weighted by Crippen LogP contribution is 2.44. The Bertz CT molecular complexity index is 822. The predicted molar refractivity (Wildman–Crippen MR) is 118 cm³/mol. The summed E-state index contributed by atoms with van der Waals surface area (Å²) in [5.41, 5.74) is 5.57. The molecule has 4 heteroatoms. The van der Waals surface area contributed by atoms with Gasteiger partial charge in [0.2, 0.25) is 0 Å². The van der Waals surface area contributed by atoms with Gasteiger partial charge in [0.25, 0.3) is 0 Å². The summed E-state index contributed by atoms with van der Waals surface area (Å²) in [4.78, 5) is 7.40. The fraction of sp³-hybridized carbons (Fsp3) is 0.435. The van der Waals surface area contributed by atoms with Crippen molar-refractivity contribution in [3.63, 3.8) is 0 Å². The van der Waals surface area contributed by atoms with Crippen LogP contribution in [0, 0.1) is 5.41 Å². The van der Waals surface area contributed by atoms with Crippen molar-refractivity contribution < 1.29 is 0 Å². The number of fused-ring (bicyclic) bond motifs is 1. The summed E-state index contributed by atoms with van der Waals surface area (Å²) >= 11 is 2.08. The van der Waals surface area contributed by atoms with Crippen LogP contribution in [0.2, 0.25) is 0 Å². The van der Waals surface area contributed by atoms with Crippen LogP contribution < -0.4 is 5.32 Å². The highest BCUT2D eigenvalue weighted by atomic mass is 32.2. The van der Waals surface area contributed by atoms with Crippen LogP contribution in [-0.4, -0.2) is 36.3 Å². The van der Waals surface area contributed by atoms with Crippen molar-refractivity contribution in [1.29, 1.82) is 0 Å². The van der Waals surface area contributed by atoms with Gasteiger partial charge in [-0.1, -0.05) is 42.5 Å². The van der Waals surface area contributed by atoms with Gasteiger partial charge in [0.1, 0.15) is 5.84 Å². The number of hydrogen-bond donors (Lipinski definition) is 1. The number of thioether (sulfide) groups is 1. The molecule has 1 fully saturated rings. The molecule has 0 aromatic heterocycles. The molecule has 0 atom stereocenters. The lowest BCUT2D eigenvalue weighted by Gasteiger charge is -2.42. The molecule has 142 valence electrons. The second kappa shape index (κ2) is 8.07. The zero-order chi connectivity index (χ0) is 18.7. The maximum absolute atomic E-state index is 5.17. The van der Waals surface area contributed by atoms with Crippen molar-refractivity contribution in [3.05, 3.63) is 65.2 Å². The zero-order valence-corrected chi connectivity index (χ0v) is 17.2. The van der Waals surface area contributed by atoms with Gasteiger partial charge in [-0.05, 0) is 67.6 Å². The van der Waals surface area contributed by atoms with E-state index >= 15 is 0 Å². The summed E-state index contributed by atoms with van der Waals surface area (Å²) in [6, 6.07) is 17.4. The Hall–Kier alpha value is -1.78. The van der Waals surface area contributed by atoms with Crippen LogP contribution in [0.5, 0.6) is 0 Å². The summed E-state index contributed by atoms with van der Waals surface area (Å²) in [5.74, 6) is 3.68. The number of amidine groups is 1. The second-order valence-electron chi connectivity index (χ2n) is 8.02. The lowest BCUT2D eigenvalue weighted by molar-refractivity contribution is 0.377. The Morgan fingerprint density at radius 3 is 2.48 bits per heavy atom. The van der Waals surface area contributed by atoms with E-state index in [1.165, 1.54) is 52.6 Å². The molecule has 1 saturated heterocycles. The third-order valence-corrected chi connectivity index (χ3v) is 6.75. The van der Waals surface area contributed by atoms with Crippen LogP contribution in [0.1, 0.15) is 29.5 Å². The number of benzene rings is 2. The van der Waals surface area contributed by atoms with E-state index in [4.69, 9.17) is 4.99 Å². The van der Waals surface area contributed by atoms with E-state index in [-0.39, 0.29) is 5.41 Å². The van der Waals surface area contributed by atoms with Crippen molar-refractivity contribution in [3.8, 4) is 0 Å². The minimum atomic E-state index is 0.191. The average molecular weight is 380 g/mol. The maximum Gasteiger partial charge on any atom is 0.108 e. The van der Waals surface area contributed by atoms with Gasteiger partial charge >= 0.3 is 0 Å². The third kappa shape index (κ3) is 4.07. The smallest absolute Gasteiger partial charge is 0.108 e. The van der Waals surface area contributed by atoms with Crippen molar-refractivity contribution in [2.24, 2.45) is 10.4 Å². The van der Waals surface area contributed by atoms with E-state index < -0.39 is 0 Å². The SMILES string of the molecule is CN(C)Cc1ccccc1CN=C1Nc2ccccc2CC12CCSCC2. The first-order chi connectivity index (χ1) is 13.2. The number of hydrogen-bond acceptors (Lipinski definition) is 3. The van der Waals surface area contributed by atoms with E-state index in [2.05, 4.69) is 84.6 Å². The van der Waals surface area contributed by atoms with Gasteiger partial charge in [-0.2, -0.15) is 11.8 Å². The minimum absolute atomic E-state index is 0.191. The van der Waals surface area contributed by atoms with Crippen LogP contribution in [0.25, 0.3) is 0 Å². The summed E-state index contributed by atoms with van der Waals surface area (Å²) in [7, 11) is 4.24. The summed E-state index contributed by atoms with van der Waals surface area (Å²) < 4.78 is 0. The van der Waals surface area contributed by atoms with E-state index in [9.17, 15) is 0 Å². The Morgan fingerprint density at radius 2 is 1.70 bits per heavy atom. The number of nitrogens with one attached hydrogen (secondary N) is 1. The average Bonchev–Trinajstić information content (AvgIpc) is 2.67. The Labute approximate surface area is 167 Å². The molecular formula is C23H29N3S. The fourth-order valence-electron chi connectivity index (χ4n) is 4.26. The third-order valence-electron chi connectivity index (χ3n) is 5.76. The molecule has 1 N–H and O–H groups in total. The van der Waals surface area contributed by atoms with Gasteiger partial charge in [0, 0.05) is 17.6 Å². The van der Waals surface area contributed by atoms with Crippen LogP contribution in [0.3, 0.4) is 0 Å². The first-order valence-electron chi connectivity index (χ1n) is 9.85. The summed E-state index contributed by atoms with van der Waals surface area (Å²) in [6.45, 7) is 1.71. The molecule has 2 aromatic rings. The van der Waals surface area contributed by atoms with Crippen molar-refractivity contribution in [2.45, 2.75) is 32.4 Å². The molecule has 0 amide bonds. The van der Waals surface area contributed by atoms with E-state index in [1.54, 1.807) is 0 Å². The molecule has 0 unspecified atom stereocenters. The van der Waals surface area contributed by atoms with Gasteiger partial charge in [-0.15, -0.1) is 0 Å². The molecule has 4 rings (SSSR count). The summed E-state index contributed by atoms with van der Waals surface area (Å²) in [6.07, 6.45) is 3.56. The van der Waals surface area contributed by atoms with Crippen LogP contribution in [0.15, 0.2) is 53.5 Å². The second-order valence-corrected chi connectivity index (χ2v) is 9.25. The fourth-order valence-corrected chi connectivity index (χ4v) is 5.53. The van der Waals surface area contributed by atoms with Crippen molar-refractivity contribution >= 4 is 23.3 Å². The molecule has 3 nitrogen and oxygen atoms in total. The van der Waals surface area contributed by atoms with Crippen LogP contribution in [0.4, 0.5) is 5.69 Å². The van der Waals surface area contributed by atoms with E-state index in [0.29, 0.717) is 0 Å². The Kier molecular flexibility index (Phi) is 5.55. The molecule has 0 aliphatic carbocycles. The Morgan fingerprint density at radius 1 is 1.00 bits per heavy atom. The molecule has 2 aliphatic heterocycles. The first-order valence-corrected chi connectivity index (χ1v) is 11.0. The van der Waals surface area contributed by atoms with Crippen molar-refractivity contribution in [1.82, 2.24) is 4.90 Å². The lowest BCUT2D eigenvalue weighted by atomic mass is 9.73. The lowest BCUT2D eigenvalue weighted by Crippen LogP contribution is -2.44. The van der Waals surface area contributed by atoms with Gasteiger partial charge < -0.3 is 10.2 Å². The molecule has 1 spiro atoms. The van der Waals surface area contributed by atoms with Gasteiger partial charge in [0.15, 0.2) is 0 Å². The van der Waals surface area contributed by atoms with Gasteiger partial charge in [-0.3, -0.25) is 4.99 Å². The highest BCUT2D eigenvalue weighted by Gasteiger charge is 2.41. The number of nitrogens with zero attached hydrogens (tertiary/aromatic N) is 2. The molecule has 2 aromatic carbocycles. The standard InChI is InChI=1S/C23H29N3S/c1-26(2)17-20-9-4-3-8-19(20)16-24-22-23(11-13-27-14-12-23)15-18-7-5-6-10-21(18)25-22/h3-10H,11-17H2,1-2H3,(H,24,25). The van der Waals surface area contributed by atoms with Gasteiger partial charge in [-0.25, -0.2) is 0 Å². The maximum atomic E-state index is 5.17. The molecular weight excluding hydrogens is 350 g/mol. The highest BCUT2D eigenvalue weighted by molar-refractivity contribution is 7.99. The van der Waals surface area contributed by atoms with Gasteiger partial charge in [0.05, 0.1) is 6.54 Å². The largest absolute Gasteiger partial charge is 0.343 e. The first kappa shape index (κ1) is 18.6. The topological polar surface area (TPSA) is 27.6 Å². The zero-order valence-electron chi connectivity index (χ0n) is 16.4. The number of aliphatic imine (C=N–C) groups is 1. The molecule has 27 heavy (non-hydrogen) atoms. The van der Waals surface area contributed by atoms with Crippen LogP contribution >= 0.6 is 11.8 Å².